The molecular weight excluding hydrogens is 607 g/mol. The smallest absolute Gasteiger partial charge is 0.256 e. The number of halogens is 2. The molecule has 0 radical (unpaired) electrons. The van der Waals surface area contributed by atoms with Gasteiger partial charge in [0.1, 0.15) is 0 Å². The van der Waals surface area contributed by atoms with E-state index in [9.17, 15) is 18.0 Å². The van der Waals surface area contributed by atoms with Gasteiger partial charge in [0.15, 0.2) is 9.84 Å². The highest BCUT2D eigenvalue weighted by molar-refractivity contribution is 7.91. The van der Waals surface area contributed by atoms with Crippen molar-refractivity contribution < 1.29 is 18.0 Å². The first-order valence-corrected chi connectivity index (χ1v) is 17.4. The fourth-order valence-corrected chi connectivity index (χ4v) is 8.89. The van der Waals surface area contributed by atoms with Crippen LogP contribution in [0.2, 0.25) is 10.0 Å². The van der Waals surface area contributed by atoms with Gasteiger partial charge in [-0.15, -0.1) is 0 Å². The number of likely N-dealkylation sites (tertiary alicyclic amines) is 1. The van der Waals surface area contributed by atoms with Gasteiger partial charge in [0.2, 0.25) is 0 Å². The van der Waals surface area contributed by atoms with E-state index in [1.165, 1.54) is 19.3 Å². The van der Waals surface area contributed by atoms with E-state index in [4.69, 9.17) is 23.2 Å². The summed E-state index contributed by atoms with van der Waals surface area (Å²) in [6.07, 6.45) is 10.7. The first-order chi connectivity index (χ1) is 20.6. The lowest BCUT2D eigenvalue weighted by Gasteiger charge is -2.29. The first kappa shape index (κ1) is 30.2. The zero-order valence-electron chi connectivity index (χ0n) is 24.2. The average Bonchev–Trinajstić information content (AvgIpc) is 3.41. The molecule has 2 amide bonds. The number of benzene rings is 1. The van der Waals surface area contributed by atoms with E-state index >= 15 is 0 Å². The van der Waals surface area contributed by atoms with Crippen LogP contribution in [0.5, 0.6) is 0 Å². The average molecular weight is 644 g/mol. The summed E-state index contributed by atoms with van der Waals surface area (Å²) in [5.74, 6) is -0.577. The van der Waals surface area contributed by atoms with Crippen molar-refractivity contribution in [3.63, 3.8) is 0 Å². The molecule has 4 heterocycles. The van der Waals surface area contributed by atoms with E-state index < -0.39 is 15.1 Å². The highest BCUT2D eigenvalue weighted by atomic mass is 35.5. The predicted octanol–water partition coefficient (Wildman–Crippen LogP) is 5.22. The van der Waals surface area contributed by atoms with Crippen LogP contribution >= 0.6 is 23.2 Å². The number of allylic oxidation sites excluding steroid dienone is 2. The van der Waals surface area contributed by atoms with Crippen LogP contribution in [0.1, 0.15) is 65.0 Å². The number of rotatable bonds is 7. The van der Waals surface area contributed by atoms with Crippen molar-refractivity contribution in [3.8, 4) is 0 Å². The van der Waals surface area contributed by atoms with Gasteiger partial charge in [-0.25, -0.2) is 8.42 Å². The number of carbonyl (C=O) groups is 2. The molecule has 3 aliphatic heterocycles. The number of aromatic nitrogens is 1. The molecule has 0 bridgehead atoms. The van der Waals surface area contributed by atoms with Crippen molar-refractivity contribution in [2.45, 2.75) is 56.5 Å². The summed E-state index contributed by atoms with van der Waals surface area (Å²) in [5, 5.41) is 2.64. The molecule has 1 aromatic carbocycles. The lowest BCUT2D eigenvalue weighted by molar-refractivity contribution is -0.115. The molecule has 1 atom stereocenters. The third-order valence-corrected chi connectivity index (χ3v) is 11.6. The summed E-state index contributed by atoms with van der Waals surface area (Å²) >= 11 is 12.5. The van der Waals surface area contributed by atoms with Gasteiger partial charge in [-0.05, 0) is 75.9 Å². The molecule has 2 fully saturated rings. The Kier molecular flexibility index (Phi) is 8.61. The molecule has 228 valence electrons. The molecule has 2 saturated heterocycles. The summed E-state index contributed by atoms with van der Waals surface area (Å²) < 4.78 is 26.9. The van der Waals surface area contributed by atoms with E-state index in [0.717, 1.165) is 50.3 Å². The number of fused-ring (bicyclic) bond motifs is 2. The number of aromatic amines is 1. The third-order valence-electron chi connectivity index (χ3n) is 8.99. The second-order valence-corrected chi connectivity index (χ2v) is 14.8. The van der Waals surface area contributed by atoms with Crippen molar-refractivity contribution in [3.05, 3.63) is 85.3 Å². The second kappa shape index (κ2) is 12.3. The van der Waals surface area contributed by atoms with E-state index in [1.54, 1.807) is 36.4 Å². The Morgan fingerprint density at radius 2 is 1.77 bits per heavy atom. The number of nitrogens with zero attached hydrogens (tertiary/aromatic N) is 2. The van der Waals surface area contributed by atoms with Crippen LogP contribution in [0, 0.1) is 6.92 Å². The third kappa shape index (κ3) is 6.10. The van der Waals surface area contributed by atoms with E-state index in [2.05, 4.69) is 15.2 Å². The van der Waals surface area contributed by atoms with Gasteiger partial charge < -0.3 is 20.1 Å². The summed E-state index contributed by atoms with van der Waals surface area (Å²) in [6, 6.07) is 4.91. The van der Waals surface area contributed by atoms with Gasteiger partial charge in [-0.2, -0.15) is 0 Å². The molecule has 8 nitrogen and oxygen atoms in total. The minimum absolute atomic E-state index is 0.0284. The molecule has 0 saturated carbocycles. The van der Waals surface area contributed by atoms with Gasteiger partial charge in [0, 0.05) is 57.9 Å². The Labute approximate surface area is 262 Å². The molecule has 1 aromatic heterocycles. The topological polar surface area (TPSA) is 103 Å². The molecule has 2 aromatic rings. The van der Waals surface area contributed by atoms with Crippen molar-refractivity contribution >= 4 is 50.9 Å². The molecule has 1 unspecified atom stereocenters. The molecule has 2 N–H and O–H groups in total. The van der Waals surface area contributed by atoms with E-state index in [1.807, 2.05) is 11.8 Å². The fraction of sp³-hybridized carbons (Fsp3) is 0.438. The second-order valence-electron chi connectivity index (χ2n) is 11.8. The largest absolute Gasteiger partial charge is 0.358 e. The Bertz CT molecular complexity index is 1650. The molecule has 4 aliphatic rings. The summed E-state index contributed by atoms with van der Waals surface area (Å²) in [6.45, 7) is 6.42. The maximum atomic E-state index is 13.7. The van der Waals surface area contributed by atoms with Crippen LogP contribution in [-0.4, -0.2) is 73.0 Å². The van der Waals surface area contributed by atoms with Crippen LogP contribution in [0.15, 0.2) is 47.2 Å². The van der Waals surface area contributed by atoms with Crippen molar-refractivity contribution in [2.24, 2.45) is 0 Å². The monoisotopic (exact) mass is 642 g/mol. The number of H-pyrrole nitrogens is 1. The summed E-state index contributed by atoms with van der Waals surface area (Å²) in [4.78, 5) is 34.6. The Morgan fingerprint density at radius 1 is 1.02 bits per heavy atom. The summed E-state index contributed by atoms with van der Waals surface area (Å²) in [5.41, 5.74) is 4.96. The maximum absolute atomic E-state index is 13.7. The highest BCUT2D eigenvalue weighted by Gasteiger charge is 2.36. The van der Waals surface area contributed by atoms with Crippen LogP contribution in [0.25, 0.3) is 6.08 Å². The first-order valence-electron chi connectivity index (χ1n) is 15.0. The number of piperidine rings is 1. The Hall–Kier alpha value is -2.85. The molecule has 1 aliphatic carbocycles. The zero-order valence-corrected chi connectivity index (χ0v) is 26.5. The molecule has 6 rings (SSSR count). The highest BCUT2D eigenvalue weighted by Crippen LogP contribution is 2.36. The SMILES string of the molecule is Cc1c(/C=C2\C(=O)NC3=CCC(S(=O)(=O)Cc4c(Cl)cccc4Cl)C=C32)[nH]c2c1C(=O)N(CCN1CCCCC1)CCC2. The summed E-state index contributed by atoms with van der Waals surface area (Å²) in [7, 11) is -3.69. The zero-order chi connectivity index (χ0) is 30.3. The van der Waals surface area contributed by atoms with Gasteiger partial charge in [0.25, 0.3) is 11.8 Å². The normalized spacial score (nSPS) is 22.2. The molecule has 0 spiro atoms. The van der Waals surface area contributed by atoms with Gasteiger partial charge in [0.05, 0.1) is 22.1 Å². The van der Waals surface area contributed by atoms with Crippen LogP contribution in [0.4, 0.5) is 0 Å². The molecule has 11 heteroatoms. The van der Waals surface area contributed by atoms with Crippen molar-refractivity contribution in [2.75, 3.05) is 32.7 Å². The van der Waals surface area contributed by atoms with Gasteiger partial charge >= 0.3 is 0 Å². The van der Waals surface area contributed by atoms with E-state index in [-0.39, 0.29) is 24.0 Å². The minimum Gasteiger partial charge on any atom is -0.358 e. The van der Waals surface area contributed by atoms with Gasteiger partial charge in [-0.1, -0.05) is 47.8 Å². The van der Waals surface area contributed by atoms with Crippen LogP contribution < -0.4 is 5.32 Å². The van der Waals surface area contributed by atoms with Gasteiger partial charge in [-0.3, -0.25) is 9.59 Å². The molecular formula is C32H36Cl2N4O4S. The van der Waals surface area contributed by atoms with Crippen molar-refractivity contribution in [1.29, 1.82) is 0 Å². The van der Waals surface area contributed by atoms with Crippen molar-refractivity contribution in [1.82, 2.24) is 20.1 Å². The number of aryl methyl sites for hydroxylation is 1. The number of hydrogen-bond donors (Lipinski definition) is 2. The number of carbonyl (C=O) groups excluding carboxylic acids is 2. The quantitative estimate of drug-likeness (QED) is 0.404. The maximum Gasteiger partial charge on any atom is 0.256 e. The lowest BCUT2D eigenvalue weighted by atomic mass is 9.98. The lowest BCUT2D eigenvalue weighted by Crippen LogP contribution is -2.40. The number of amides is 2. The molecule has 43 heavy (non-hydrogen) atoms. The number of nitrogens with one attached hydrogen (secondary N) is 2. The number of hydrogen-bond acceptors (Lipinski definition) is 5. The predicted molar refractivity (Wildman–Crippen MR) is 170 cm³/mol. The standard InChI is InChI=1S/C32H36Cl2N4O4S/c1-20-29(35-28-9-6-14-38(32(40)30(20)28)16-15-37-12-3-2-4-13-37)18-23-22-17-21(10-11-27(22)36-31(23)39)43(41,42)19-24-25(33)7-5-8-26(24)34/h5,7-8,11,17-18,21,35H,2-4,6,9-10,12-16,19H2,1H3,(H,36,39)/b23-18-. The fourth-order valence-electron chi connectivity index (χ4n) is 6.54. The Morgan fingerprint density at radius 3 is 2.51 bits per heavy atom. The number of sulfone groups is 1. The Balaban J connectivity index is 1.26. The van der Waals surface area contributed by atoms with Crippen LogP contribution in [-0.2, 0) is 26.8 Å². The van der Waals surface area contributed by atoms with E-state index in [0.29, 0.717) is 50.3 Å². The van der Waals surface area contributed by atoms with Crippen LogP contribution in [0.3, 0.4) is 0 Å². The minimum atomic E-state index is -3.69.